The van der Waals surface area contributed by atoms with Gasteiger partial charge in [0.05, 0.1) is 6.54 Å². The van der Waals surface area contributed by atoms with Crippen LogP contribution < -0.4 is 0 Å². The SMILES string of the molecule is Cc1ccc(C(=O)CN2CC(=O)N3CCCC3C2=O)cc1. The number of rotatable bonds is 3. The first-order valence-corrected chi connectivity index (χ1v) is 7.24. The topological polar surface area (TPSA) is 57.7 Å². The van der Waals surface area contributed by atoms with E-state index >= 15 is 0 Å². The minimum absolute atomic E-state index is 0.0159. The fourth-order valence-electron chi connectivity index (χ4n) is 3.00. The number of Topliss-reactive ketones (excluding diaryl/α,β-unsaturated/α-hetero) is 1. The molecule has 1 unspecified atom stereocenters. The number of carbonyl (C=O) groups is 3. The summed E-state index contributed by atoms with van der Waals surface area (Å²) in [6.07, 6.45) is 1.57. The second-order valence-electron chi connectivity index (χ2n) is 5.73. The summed E-state index contributed by atoms with van der Waals surface area (Å²) < 4.78 is 0. The Morgan fingerprint density at radius 2 is 1.95 bits per heavy atom. The Hall–Kier alpha value is -2.17. The van der Waals surface area contributed by atoms with E-state index in [-0.39, 0.29) is 36.7 Å². The normalized spacial score (nSPS) is 21.7. The van der Waals surface area contributed by atoms with Crippen molar-refractivity contribution >= 4 is 17.6 Å². The van der Waals surface area contributed by atoms with E-state index < -0.39 is 0 Å². The Labute approximate surface area is 123 Å². The van der Waals surface area contributed by atoms with Gasteiger partial charge >= 0.3 is 0 Å². The molecule has 3 rings (SSSR count). The number of hydrogen-bond acceptors (Lipinski definition) is 3. The molecule has 0 N–H and O–H groups in total. The van der Waals surface area contributed by atoms with Gasteiger partial charge in [-0.25, -0.2) is 0 Å². The van der Waals surface area contributed by atoms with Gasteiger partial charge in [0, 0.05) is 12.1 Å². The molecule has 1 aromatic rings. The highest BCUT2D eigenvalue weighted by atomic mass is 16.2. The van der Waals surface area contributed by atoms with Crippen LogP contribution in [0.5, 0.6) is 0 Å². The third-order valence-electron chi connectivity index (χ3n) is 4.20. The van der Waals surface area contributed by atoms with E-state index in [9.17, 15) is 14.4 Å². The molecule has 5 heteroatoms. The van der Waals surface area contributed by atoms with Crippen molar-refractivity contribution in [2.24, 2.45) is 0 Å². The van der Waals surface area contributed by atoms with Crippen LogP contribution in [0.15, 0.2) is 24.3 Å². The van der Waals surface area contributed by atoms with Gasteiger partial charge in [0.25, 0.3) is 0 Å². The molecule has 2 aliphatic heterocycles. The van der Waals surface area contributed by atoms with Gasteiger partial charge in [0.2, 0.25) is 11.8 Å². The minimum Gasteiger partial charge on any atom is -0.329 e. The van der Waals surface area contributed by atoms with E-state index in [1.807, 2.05) is 19.1 Å². The number of fused-ring (bicyclic) bond motifs is 1. The molecule has 2 saturated heterocycles. The van der Waals surface area contributed by atoms with E-state index in [0.29, 0.717) is 18.5 Å². The summed E-state index contributed by atoms with van der Waals surface area (Å²) in [5.41, 5.74) is 1.66. The van der Waals surface area contributed by atoms with Crippen LogP contribution in [0, 0.1) is 6.92 Å². The summed E-state index contributed by atoms with van der Waals surface area (Å²) in [7, 11) is 0. The quantitative estimate of drug-likeness (QED) is 0.779. The predicted octanol–water partition coefficient (Wildman–Crippen LogP) is 1.01. The highest BCUT2D eigenvalue weighted by molar-refractivity contribution is 6.02. The van der Waals surface area contributed by atoms with Crippen LogP contribution in [0.1, 0.15) is 28.8 Å². The molecule has 2 fully saturated rings. The van der Waals surface area contributed by atoms with Crippen LogP contribution in [0.25, 0.3) is 0 Å². The van der Waals surface area contributed by atoms with Crippen molar-refractivity contribution in [3.8, 4) is 0 Å². The number of piperazine rings is 1. The van der Waals surface area contributed by atoms with Crippen LogP contribution in [0.2, 0.25) is 0 Å². The van der Waals surface area contributed by atoms with Gasteiger partial charge in [0.1, 0.15) is 12.6 Å². The van der Waals surface area contributed by atoms with Crippen LogP contribution in [0.3, 0.4) is 0 Å². The van der Waals surface area contributed by atoms with Gasteiger partial charge < -0.3 is 9.80 Å². The van der Waals surface area contributed by atoms with Crippen molar-refractivity contribution in [3.63, 3.8) is 0 Å². The molecule has 1 atom stereocenters. The predicted molar refractivity (Wildman–Crippen MR) is 76.8 cm³/mol. The van der Waals surface area contributed by atoms with Gasteiger partial charge in [0.15, 0.2) is 5.78 Å². The third-order valence-corrected chi connectivity index (χ3v) is 4.20. The van der Waals surface area contributed by atoms with E-state index in [4.69, 9.17) is 0 Å². The molecule has 2 heterocycles. The van der Waals surface area contributed by atoms with Crippen molar-refractivity contribution in [2.75, 3.05) is 19.6 Å². The lowest BCUT2D eigenvalue weighted by Crippen LogP contribution is -2.58. The third kappa shape index (κ3) is 2.55. The lowest BCUT2D eigenvalue weighted by atomic mass is 10.1. The summed E-state index contributed by atoms with van der Waals surface area (Å²) in [4.78, 5) is 39.7. The molecule has 5 nitrogen and oxygen atoms in total. The molecule has 0 spiro atoms. The Morgan fingerprint density at radius 1 is 1.24 bits per heavy atom. The van der Waals surface area contributed by atoms with Crippen molar-refractivity contribution in [3.05, 3.63) is 35.4 Å². The molecule has 0 bridgehead atoms. The highest BCUT2D eigenvalue weighted by Gasteiger charge is 2.42. The molecular formula is C16H18N2O3. The number of carbonyl (C=O) groups excluding carboxylic acids is 3. The van der Waals surface area contributed by atoms with Gasteiger partial charge in [-0.15, -0.1) is 0 Å². The van der Waals surface area contributed by atoms with Crippen LogP contribution in [0.4, 0.5) is 0 Å². The molecule has 110 valence electrons. The number of amides is 2. The molecular weight excluding hydrogens is 268 g/mol. The largest absolute Gasteiger partial charge is 0.329 e. The summed E-state index contributed by atoms with van der Waals surface area (Å²) in [6, 6.07) is 6.91. The average molecular weight is 286 g/mol. The number of nitrogens with zero attached hydrogens (tertiary/aromatic N) is 2. The summed E-state index contributed by atoms with van der Waals surface area (Å²) in [5, 5.41) is 0. The average Bonchev–Trinajstić information content (AvgIpc) is 2.95. The Bertz CT molecular complexity index is 594. The van der Waals surface area contributed by atoms with Gasteiger partial charge in [-0.2, -0.15) is 0 Å². The maximum atomic E-state index is 12.4. The Balaban J connectivity index is 1.72. The van der Waals surface area contributed by atoms with E-state index in [2.05, 4.69) is 0 Å². The molecule has 21 heavy (non-hydrogen) atoms. The van der Waals surface area contributed by atoms with Crippen LogP contribution >= 0.6 is 0 Å². The standard InChI is InChI=1S/C16H18N2O3/c1-11-4-6-12(7-5-11)14(19)9-17-10-15(20)18-8-2-3-13(18)16(17)21/h4-7,13H,2-3,8-10H2,1H3. The second kappa shape index (κ2) is 5.31. The smallest absolute Gasteiger partial charge is 0.246 e. The second-order valence-corrected chi connectivity index (χ2v) is 5.73. The van der Waals surface area contributed by atoms with E-state index in [0.717, 1.165) is 12.0 Å². The minimum atomic E-state index is -0.350. The summed E-state index contributed by atoms with van der Waals surface area (Å²) >= 11 is 0. The molecule has 1 aromatic carbocycles. The van der Waals surface area contributed by atoms with Gasteiger partial charge in [-0.1, -0.05) is 29.8 Å². The Morgan fingerprint density at radius 3 is 2.67 bits per heavy atom. The fraction of sp³-hybridized carbons (Fsp3) is 0.438. The lowest BCUT2D eigenvalue weighted by Gasteiger charge is -2.36. The molecule has 0 aromatic heterocycles. The molecule has 2 aliphatic rings. The zero-order valence-electron chi connectivity index (χ0n) is 12.0. The number of ketones is 1. The zero-order valence-corrected chi connectivity index (χ0v) is 12.0. The van der Waals surface area contributed by atoms with Crippen molar-refractivity contribution in [1.82, 2.24) is 9.80 Å². The fourth-order valence-corrected chi connectivity index (χ4v) is 3.00. The zero-order chi connectivity index (χ0) is 15.0. The van der Waals surface area contributed by atoms with Crippen molar-refractivity contribution in [2.45, 2.75) is 25.8 Å². The maximum Gasteiger partial charge on any atom is 0.246 e. The monoisotopic (exact) mass is 286 g/mol. The first-order chi connectivity index (χ1) is 10.1. The van der Waals surface area contributed by atoms with E-state index in [1.165, 1.54) is 4.90 Å². The van der Waals surface area contributed by atoms with Gasteiger partial charge in [-0.05, 0) is 19.8 Å². The van der Waals surface area contributed by atoms with E-state index in [1.54, 1.807) is 17.0 Å². The first kappa shape index (κ1) is 13.8. The molecule has 2 amide bonds. The van der Waals surface area contributed by atoms with Crippen molar-refractivity contribution in [1.29, 1.82) is 0 Å². The molecule has 0 aliphatic carbocycles. The van der Waals surface area contributed by atoms with Crippen LogP contribution in [-0.4, -0.2) is 53.1 Å². The maximum absolute atomic E-state index is 12.4. The molecule has 0 radical (unpaired) electrons. The first-order valence-electron chi connectivity index (χ1n) is 7.24. The summed E-state index contributed by atoms with van der Waals surface area (Å²) in [5.74, 6) is -0.260. The Kier molecular flexibility index (Phi) is 3.49. The number of hydrogen-bond donors (Lipinski definition) is 0. The molecule has 0 saturated carbocycles. The van der Waals surface area contributed by atoms with Crippen LogP contribution in [-0.2, 0) is 9.59 Å². The summed E-state index contributed by atoms with van der Waals surface area (Å²) in [6.45, 7) is 2.62. The highest BCUT2D eigenvalue weighted by Crippen LogP contribution is 2.23. The number of benzene rings is 1. The number of aryl methyl sites for hydroxylation is 1. The lowest BCUT2D eigenvalue weighted by molar-refractivity contribution is -0.152. The van der Waals surface area contributed by atoms with Crippen molar-refractivity contribution < 1.29 is 14.4 Å². The van der Waals surface area contributed by atoms with Gasteiger partial charge in [-0.3, -0.25) is 14.4 Å².